The second-order valence-corrected chi connectivity index (χ2v) is 3.98. The number of nitrogen functional groups attached to an aromatic ring is 1. The average molecular weight is 278 g/mol. The number of nitrogens with one attached hydrogen (secondary N) is 2. The molecule has 4 N–H and O–H groups in total. The molecule has 20 heavy (non-hydrogen) atoms. The molecule has 0 unspecified atom stereocenters. The zero-order valence-electron chi connectivity index (χ0n) is 10.8. The zero-order chi connectivity index (χ0) is 14.5. The quantitative estimate of drug-likeness (QED) is 0.383. The smallest absolute Gasteiger partial charge is 0.311 e. The van der Waals surface area contributed by atoms with Crippen LogP contribution in [0.2, 0.25) is 0 Å². The summed E-state index contributed by atoms with van der Waals surface area (Å²) in [5.41, 5.74) is 2.23. The van der Waals surface area contributed by atoms with Crippen LogP contribution in [0, 0.1) is 10.1 Å². The summed E-state index contributed by atoms with van der Waals surface area (Å²) >= 11 is 0. The van der Waals surface area contributed by atoms with Gasteiger partial charge in [0.25, 0.3) is 0 Å². The Kier molecular flexibility index (Phi) is 4.05. The van der Waals surface area contributed by atoms with Crippen LogP contribution in [0.15, 0.2) is 18.5 Å². The Balaban J connectivity index is 2.05. The van der Waals surface area contributed by atoms with Gasteiger partial charge in [0.2, 0.25) is 5.82 Å². The number of pyridine rings is 1. The molecule has 0 radical (unpaired) electrons. The monoisotopic (exact) mass is 278 g/mol. The van der Waals surface area contributed by atoms with Crippen molar-refractivity contribution < 1.29 is 4.92 Å². The Labute approximate surface area is 114 Å². The maximum absolute atomic E-state index is 10.9. The van der Waals surface area contributed by atoms with E-state index < -0.39 is 4.92 Å². The Bertz CT molecular complexity index is 611. The third-order valence-electron chi connectivity index (χ3n) is 2.51. The number of anilines is 2. The van der Waals surface area contributed by atoms with Crippen molar-refractivity contribution in [3.63, 3.8) is 0 Å². The van der Waals surface area contributed by atoms with E-state index in [0.717, 1.165) is 0 Å². The van der Waals surface area contributed by atoms with E-state index in [9.17, 15) is 10.1 Å². The highest BCUT2D eigenvalue weighted by Gasteiger charge is 2.15. The van der Waals surface area contributed by atoms with Crippen LogP contribution in [-0.2, 0) is 13.5 Å². The molecule has 2 aromatic rings. The number of nitrogens with two attached hydrogens (primary N) is 1. The SMILES string of the molecule is Cn1cnc(CCNc2nc(NN)ccc2[N+](=O)[O-])n1. The number of hydrogen-bond acceptors (Lipinski definition) is 8. The summed E-state index contributed by atoms with van der Waals surface area (Å²) in [5.74, 6) is 6.38. The summed E-state index contributed by atoms with van der Waals surface area (Å²) in [5, 5.41) is 17.9. The van der Waals surface area contributed by atoms with Gasteiger partial charge in [-0.25, -0.2) is 15.8 Å². The molecule has 10 nitrogen and oxygen atoms in total. The lowest BCUT2D eigenvalue weighted by Gasteiger charge is -2.06. The topological polar surface area (TPSA) is 137 Å². The highest BCUT2D eigenvalue weighted by atomic mass is 16.6. The Hall–Kier alpha value is -2.75. The predicted octanol–water partition coefficient (Wildman–Crippen LogP) is 0.0585. The van der Waals surface area contributed by atoms with Crippen molar-refractivity contribution in [2.45, 2.75) is 6.42 Å². The number of rotatable bonds is 6. The minimum absolute atomic E-state index is 0.113. The Morgan fingerprint density at radius 1 is 1.50 bits per heavy atom. The van der Waals surface area contributed by atoms with Crippen molar-refractivity contribution in [1.82, 2.24) is 19.7 Å². The second kappa shape index (κ2) is 5.93. The van der Waals surface area contributed by atoms with Crippen LogP contribution in [0.3, 0.4) is 0 Å². The first-order valence-electron chi connectivity index (χ1n) is 5.80. The van der Waals surface area contributed by atoms with Crippen LogP contribution in [0.4, 0.5) is 17.3 Å². The summed E-state index contributed by atoms with van der Waals surface area (Å²) < 4.78 is 1.59. The third kappa shape index (κ3) is 3.17. The van der Waals surface area contributed by atoms with Gasteiger partial charge in [-0.1, -0.05) is 0 Å². The first-order chi connectivity index (χ1) is 9.60. The van der Waals surface area contributed by atoms with E-state index in [2.05, 4.69) is 25.8 Å². The molecule has 2 rings (SSSR count). The molecule has 10 heteroatoms. The standard InChI is InChI=1S/C10H14N8O2/c1-17-6-13-8(16-17)4-5-12-10-7(18(19)20)2-3-9(14-10)15-11/h2-3,6H,4-5,11H2,1H3,(H2,12,14,15). The molecule has 0 aliphatic carbocycles. The van der Waals surface area contributed by atoms with E-state index in [0.29, 0.717) is 24.6 Å². The largest absolute Gasteiger partial charge is 0.364 e. The first kappa shape index (κ1) is 13.7. The molecule has 0 aromatic carbocycles. The minimum Gasteiger partial charge on any atom is -0.364 e. The molecule has 0 saturated carbocycles. The predicted molar refractivity (Wildman–Crippen MR) is 71.9 cm³/mol. The van der Waals surface area contributed by atoms with Gasteiger partial charge in [-0.15, -0.1) is 0 Å². The van der Waals surface area contributed by atoms with Crippen molar-refractivity contribution in [2.24, 2.45) is 12.9 Å². The molecule has 0 aliphatic heterocycles. The molecule has 0 aliphatic rings. The summed E-state index contributed by atoms with van der Waals surface area (Å²) in [6.45, 7) is 0.422. The van der Waals surface area contributed by atoms with Crippen LogP contribution in [0.25, 0.3) is 0 Å². The van der Waals surface area contributed by atoms with Gasteiger partial charge in [-0.2, -0.15) is 5.10 Å². The fourth-order valence-corrected chi connectivity index (χ4v) is 1.60. The van der Waals surface area contributed by atoms with Crippen molar-refractivity contribution in [1.29, 1.82) is 0 Å². The van der Waals surface area contributed by atoms with Gasteiger partial charge in [0.15, 0.2) is 5.82 Å². The maximum Gasteiger partial charge on any atom is 0.311 e. The van der Waals surface area contributed by atoms with Gasteiger partial charge in [0.1, 0.15) is 12.1 Å². The molecule has 0 amide bonds. The minimum atomic E-state index is -0.505. The van der Waals surface area contributed by atoms with Crippen molar-refractivity contribution >= 4 is 17.3 Å². The van der Waals surface area contributed by atoms with Crippen LogP contribution in [-0.4, -0.2) is 31.2 Å². The lowest BCUT2D eigenvalue weighted by Crippen LogP contribution is -2.13. The number of aryl methyl sites for hydroxylation is 1. The number of hydrazine groups is 1. The Morgan fingerprint density at radius 3 is 2.90 bits per heavy atom. The van der Waals surface area contributed by atoms with Crippen LogP contribution in [0.1, 0.15) is 5.82 Å². The Morgan fingerprint density at radius 2 is 2.30 bits per heavy atom. The normalized spacial score (nSPS) is 10.3. The molecule has 0 bridgehead atoms. The van der Waals surface area contributed by atoms with Crippen LogP contribution < -0.4 is 16.6 Å². The van der Waals surface area contributed by atoms with Gasteiger partial charge in [0.05, 0.1) is 4.92 Å². The van der Waals surface area contributed by atoms with E-state index in [1.807, 2.05) is 0 Å². The van der Waals surface area contributed by atoms with Gasteiger partial charge in [-0.05, 0) is 6.07 Å². The highest BCUT2D eigenvalue weighted by Crippen LogP contribution is 2.23. The van der Waals surface area contributed by atoms with Crippen LogP contribution >= 0.6 is 0 Å². The molecule has 0 saturated heterocycles. The second-order valence-electron chi connectivity index (χ2n) is 3.98. The lowest BCUT2D eigenvalue weighted by atomic mass is 10.3. The first-order valence-corrected chi connectivity index (χ1v) is 5.80. The lowest BCUT2D eigenvalue weighted by molar-refractivity contribution is -0.384. The van der Waals surface area contributed by atoms with E-state index in [1.54, 1.807) is 18.1 Å². The molecule has 0 spiro atoms. The molecule has 2 aromatic heterocycles. The molecular formula is C10H14N8O2. The van der Waals surface area contributed by atoms with Crippen molar-refractivity contribution in [3.8, 4) is 0 Å². The van der Waals surface area contributed by atoms with Gasteiger partial charge < -0.3 is 10.7 Å². The number of aromatic nitrogens is 4. The molecule has 0 atom stereocenters. The van der Waals surface area contributed by atoms with Gasteiger partial charge in [0, 0.05) is 26.1 Å². The fraction of sp³-hybridized carbons (Fsp3) is 0.300. The van der Waals surface area contributed by atoms with E-state index >= 15 is 0 Å². The number of nitrogens with zero attached hydrogens (tertiary/aromatic N) is 5. The third-order valence-corrected chi connectivity index (χ3v) is 2.51. The molecule has 106 valence electrons. The summed E-state index contributed by atoms with van der Waals surface area (Å²) in [4.78, 5) is 18.5. The highest BCUT2D eigenvalue weighted by molar-refractivity contribution is 5.59. The van der Waals surface area contributed by atoms with E-state index in [-0.39, 0.29) is 11.5 Å². The number of hydrogen-bond donors (Lipinski definition) is 3. The zero-order valence-corrected chi connectivity index (χ0v) is 10.8. The van der Waals surface area contributed by atoms with E-state index in [4.69, 9.17) is 5.84 Å². The van der Waals surface area contributed by atoms with Gasteiger partial charge >= 0.3 is 5.69 Å². The molecule has 2 heterocycles. The average Bonchev–Trinajstić information content (AvgIpc) is 2.84. The van der Waals surface area contributed by atoms with Gasteiger partial charge in [-0.3, -0.25) is 14.8 Å². The van der Waals surface area contributed by atoms with Crippen molar-refractivity contribution in [2.75, 3.05) is 17.3 Å². The molecule has 0 fully saturated rings. The van der Waals surface area contributed by atoms with E-state index in [1.165, 1.54) is 12.1 Å². The summed E-state index contributed by atoms with van der Waals surface area (Å²) in [6, 6.07) is 2.77. The number of nitro groups is 1. The van der Waals surface area contributed by atoms with Crippen LogP contribution in [0.5, 0.6) is 0 Å². The summed E-state index contributed by atoms with van der Waals surface area (Å²) in [6.07, 6.45) is 2.12. The summed E-state index contributed by atoms with van der Waals surface area (Å²) in [7, 11) is 1.77. The van der Waals surface area contributed by atoms with Crippen molar-refractivity contribution in [3.05, 3.63) is 34.4 Å². The maximum atomic E-state index is 10.9. The molecular weight excluding hydrogens is 264 g/mol. The fourth-order valence-electron chi connectivity index (χ4n) is 1.60.